The summed E-state index contributed by atoms with van der Waals surface area (Å²) in [6.45, 7) is 2.89. The zero-order chi connectivity index (χ0) is 22.9. The van der Waals surface area contributed by atoms with Crippen molar-refractivity contribution in [3.8, 4) is 5.75 Å². The zero-order valence-electron chi connectivity index (χ0n) is 17.9. The second kappa shape index (κ2) is 11.4. The van der Waals surface area contributed by atoms with E-state index in [9.17, 15) is 14.9 Å². The Labute approximate surface area is 191 Å². The summed E-state index contributed by atoms with van der Waals surface area (Å²) in [5, 5.41) is 10.9. The molecule has 0 radical (unpaired) electrons. The molecule has 2 aromatic carbocycles. The predicted octanol–water partition coefficient (Wildman–Crippen LogP) is 6.33. The van der Waals surface area contributed by atoms with Gasteiger partial charge in [-0.3, -0.25) is 10.1 Å². The monoisotopic (exact) mass is 456 g/mol. The first-order valence-corrected chi connectivity index (χ1v) is 11.1. The maximum atomic E-state index is 12.2. The van der Waals surface area contributed by atoms with E-state index in [1.807, 2.05) is 24.3 Å². The Kier molecular flexibility index (Phi) is 8.39. The quantitative estimate of drug-likeness (QED) is 0.129. The lowest BCUT2D eigenvalue weighted by Gasteiger charge is -2.06. The summed E-state index contributed by atoms with van der Waals surface area (Å²) < 4.78 is 11.0. The third-order valence-corrected chi connectivity index (χ3v) is 5.28. The van der Waals surface area contributed by atoms with Crippen molar-refractivity contribution in [1.82, 2.24) is 0 Å². The number of hydrogen-bond acceptors (Lipinski definition) is 6. The number of halogens is 1. The molecule has 0 saturated carbocycles. The fourth-order valence-corrected chi connectivity index (χ4v) is 3.46. The fraction of sp³-hybridized carbons (Fsp3) is 0.333. The number of ether oxygens (including phenoxy) is 2. The Balaban J connectivity index is 1.60. The first-order chi connectivity index (χ1) is 15.5. The first-order valence-electron chi connectivity index (χ1n) is 10.7. The number of nitrogens with zero attached hydrogens (tertiary/aromatic N) is 2. The highest BCUT2D eigenvalue weighted by Gasteiger charge is 2.26. The van der Waals surface area contributed by atoms with Gasteiger partial charge in [0.25, 0.3) is 5.69 Å². The van der Waals surface area contributed by atoms with Gasteiger partial charge < -0.3 is 9.47 Å². The Morgan fingerprint density at radius 2 is 1.81 bits per heavy atom. The number of unbranched alkanes of at least 4 members (excludes halogenated alkanes) is 5. The van der Waals surface area contributed by atoms with Crippen LogP contribution in [0.1, 0.15) is 56.6 Å². The van der Waals surface area contributed by atoms with Gasteiger partial charge >= 0.3 is 5.97 Å². The van der Waals surface area contributed by atoms with Crippen LogP contribution >= 0.6 is 11.6 Å². The van der Waals surface area contributed by atoms with Gasteiger partial charge in [-0.2, -0.15) is 0 Å². The van der Waals surface area contributed by atoms with Gasteiger partial charge in [-0.25, -0.2) is 9.79 Å². The van der Waals surface area contributed by atoms with Crippen LogP contribution in [-0.2, 0) is 9.53 Å². The third kappa shape index (κ3) is 6.40. The zero-order valence-corrected chi connectivity index (χ0v) is 18.6. The van der Waals surface area contributed by atoms with E-state index in [2.05, 4.69) is 11.9 Å². The molecule has 2 aromatic rings. The van der Waals surface area contributed by atoms with Gasteiger partial charge in [-0.1, -0.05) is 62.8 Å². The molecule has 1 aliphatic rings. The number of hydrogen-bond donors (Lipinski definition) is 0. The topological polar surface area (TPSA) is 91.0 Å². The Morgan fingerprint density at radius 3 is 2.50 bits per heavy atom. The average Bonchev–Trinajstić information content (AvgIpc) is 3.14. The molecule has 0 aliphatic carbocycles. The van der Waals surface area contributed by atoms with Gasteiger partial charge in [-0.05, 0) is 36.3 Å². The van der Waals surface area contributed by atoms with Crippen molar-refractivity contribution in [3.05, 3.63) is 74.4 Å². The molecule has 0 amide bonds. The molecule has 1 heterocycles. The first kappa shape index (κ1) is 23.5. The lowest BCUT2D eigenvalue weighted by molar-refractivity contribution is -0.384. The number of esters is 1. The number of cyclic esters (lactones) is 1. The van der Waals surface area contributed by atoms with Gasteiger partial charge in [0.05, 0.1) is 22.1 Å². The number of rotatable bonds is 11. The maximum absolute atomic E-state index is 12.2. The van der Waals surface area contributed by atoms with E-state index in [1.54, 1.807) is 6.08 Å². The van der Waals surface area contributed by atoms with Crippen LogP contribution in [0.4, 0.5) is 5.69 Å². The number of carbonyl (C=O) groups excluding carboxylic acids is 1. The molecule has 0 spiro atoms. The summed E-state index contributed by atoms with van der Waals surface area (Å²) in [4.78, 5) is 26.7. The molecule has 32 heavy (non-hydrogen) atoms. The van der Waals surface area contributed by atoms with Crippen molar-refractivity contribution in [1.29, 1.82) is 0 Å². The number of aliphatic imine (C=N–C) groups is 1. The van der Waals surface area contributed by atoms with Crippen LogP contribution in [0.25, 0.3) is 6.08 Å². The van der Waals surface area contributed by atoms with Gasteiger partial charge in [0.2, 0.25) is 5.90 Å². The van der Waals surface area contributed by atoms with Crippen LogP contribution in [-0.4, -0.2) is 23.4 Å². The Morgan fingerprint density at radius 1 is 1.09 bits per heavy atom. The predicted molar refractivity (Wildman–Crippen MR) is 124 cm³/mol. The minimum Gasteiger partial charge on any atom is -0.494 e. The molecule has 0 atom stereocenters. The van der Waals surface area contributed by atoms with Crippen molar-refractivity contribution in [2.45, 2.75) is 45.4 Å². The van der Waals surface area contributed by atoms with Gasteiger partial charge in [0, 0.05) is 12.1 Å². The van der Waals surface area contributed by atoms with Crippen molar-refractivity contribution in [2.24, 2.45) is 4.99 Å². The second-order valence-corrected chi connectivity index (χ2v) is 7.85. The lowest BCUT2D eigenvalue weighted by Crippen LogP contribution is -2.06. The highest BCUT2D eigenvalue weighted by atomic mass is 35.5. The molecule has 0 N–H and O–H groups in total. The maximum Gasteiger partial charge on any atom is 0.363 e. The molecule has 3 rings (SSSR count). The standard InChI is InChI=1S/C24H25ClN2O5/c1-2-3-4-5-6-7-14-31-19-11-8-17(9-12-19)15-22-24(28)32-23(26-22)20-13-10-18(27(29)30)16-21(20)25/h8-13,15-16H,2-7,14H2,1H3/b22-15-. The molecule has 8 heteroatoms. The normalized spacial score (nSPS) is 14.4. The highest BCUT2D eigenvalue weighted by Crippen LogP contribution is 2.27. The molecule has 0 unspecified atom stereocenters. The molecular formula is C24H25ClN2O5. The largest absolute Gasteiger partial charge is 0.494 e. The molecule has 7 nitrogen and oxygen atoms in total. The molecule has 0 bridgehead atoms. The number of non-ortho nitro benzene ring substituents is 1. The van der Waals surface area contributed by atoms with Crippen molar-refractivity contribution in [2.75, 3.05) is 6.61 Å². The summed E-state index contributed by atoms with van der Waals surface area (Å²) in [5.41, 5.74) is 1.05. The summed E-state index contributed by atoms with van der Waals surface area (Å²) in [7, 11) is 0. The van der Waals surface area contributed by atoms with Gasteiger partial charge in [0.1, 0.15) is 5.75 Å². The van der Waals surface area contributed by atoms with E-state index in [1.165, 1.54) is 50.3 Å². The molecule has 0 fully saturated rings. The van der Waals surface area contributed by atoms with Gasteiger partial charge in [0.15, 0.2) is 5.70 Å². The van der Waals surface area contributed by atoms with E-state index in [-0.39, 0.29) is 22.3 Å². The summed E-state index contributed by atoms with van der Waals surface area (Å²) in [5.74, 6) is 0.175. The number of nitro groups is 1. The molecule has 1 aliphatic heterocycles. The van der Waals surface area contributed by atoms with Gasteiger partial charge in [-0.15, -0.1) is 0 Å². The van der Waals surface area contributed by atoms with Crippen LogP contribution < -0.4 is 4.74 Å². The van der Waals surface area contributed by atoms with Crippen LogP contribution in [0.5, 0.6) is 5.75 Å². The summed E-state index contributed by atoms with van der Waals surface area (Å²) in [6.07, 6.45) is 8.86. The number of carbonyl (C=O) groups is 1. The summed E-state index contributed by atoms with van der Waals surface area (Å²) in [6, 6.07) is 11.3. The smallest absolute Gasteiger partial charge is 0.363 e. The highest BCUT2D eigenvalue weighted by molar-refractivity contribution is 6.34. The van der Waals surface area contributed by atoms with Crippen LogP contribution in [0.2, 0.25) is 5.02 Å². The van der Waals surface area contributed by atoms with E-state index < -0.39 is 10.9 Å². The fourth-order valence-electron chi connectivity index (χ4n) is 3.21. The van der Waals surface area contributed by atoms with E-state index in [0.29, 0.717) is 12.2 Å². The lowest BCUT2D eigenvalue weighted by atomic mass is 10.1. The van der Waals surface area contributed by atoms with Crippen molar-refractivity contribution in [3.63, 3.8) is 0 Å². The van der Waals surface area contributed by atoms with Crippen LogP contribution in [0.15, 0.2) is 53.2 Å². The van der Waals surface area contributed by atoms with Crippen LogP contribution in [0, 0.1) is 10.1 Å². The number of benzene rings is 2. The SMILES string of the molecule is CCCCCCCCOc1ccc(/C=C2\N=C(c3ccc([N+](=O)[O-])cc3Cl)OC2=O)cc1. The molecule has 0 saturated heterocycles. The van der Waals surface area contributed by atoms with Crippen molar-refractivity contribution >= 4 is 35.2 Å². The molecule has 0 aromatic heterocycles. The minimum atomic E-state index is -0.613. The Bertz CT molecular complexity index is 1030. The third-order valence-electron chi connectivity index (χ3n) is 4.96. The molecule has 168 valence electrons. The average molecular weight is 457 g/mol. The van der Waals surface area contributed by atoms with E-state index in [4.69, 9.17) is 21.1 Å². The minimum absolute atomic E-state index is 0.0139. The van der Waals surface area contributed by atoms with E-state index >= 15 is 0 Å². The van der Waals surface area contributed by atoms with E-state index in [0.717, 1.165) is 17.7 Å². The second-order valence-electron chi connectivity index (χ2n) is 7.44. The van der Waals surface area contributed by atoms with Crippen LogP contribution in [0.3, 0.4) is 0 Å². The molecular weight excluding hydrogens is 432 g/mol. The summed E-state index contributed by atoms with van der Waals surface area (Å²) >= 11 is 6.10. The van der Waals surface area contributed by atoms with Crippen molar-refractivity contribution < 1.29 is 19.2 Å². The Hall–Kier alpha value is -3.19. The number of nitro benzene ring substituents is 1.